The van der Waals surface area contributed by atoms with Crippen molar-refractivity contribution >= 4 is 34.7 Å². The second-order valence-corrected chi connectivity index (χ2v) is 6.88. The molecule has 0 aliphatic heterocycles. The van der Waals surface area contributed by atoms with Crippen molar-refractivity contribution in [2.24, 2.45) is 0 Å². The van der Waals surface area contributed by atoms with Gasteiger partial charge in [0.1, 0.15) is 9.88 Å². The lowest BCUT2D eigenvalue weighted by Gasteiger charge is -2.01. The van der Waals surface area contributed by atoms with Crippen LogP contribution in [0.25, 0.3) is 16.3 Å². The molecule has 0 spiro atoms. The minimum atomic E-state index is -0.251. The summed E-state index contributed by atoms with van der Waals surface area (Å²) < 4.78 is 1.71. The third-order valence-electron chi connectivity index (χ3n) is 3.69. The molecule has 0 fully saturated rings. The monoisotopic (exact) mass is 380 g/mol. The highest BCUT2D eigenvalue weighted by atomic mass is 35.5. The standard InChI is InChI=1S/C19H13ClN4OS/c20-15-9-5-4-8-14(15)19-21-12-16(26-19)18(25)22-17-10-11-24(23-17)13-6-2-1-3-7-13/h1-12H,(H,22,23,25). The maximum Gasteiger partial charge on any atom is 0.268 e. The van der Waals surface area contributed by atoms with Crippen molar-refractivity contribution in [3.05, 3.63) is 83.0 Å². The van der Waals surface area contributed by atoms with E-state index in [-0.39, 0.29) is 5.91 Å². The van der Waals surface area contributed by atoms with Crippen molar-refractivity contribution in [2.75, 3.05) is 5.32 Å². The van der Waals surface area contributed by atoms with E-state index in [1.165, 1.54) is 11.3 Å². The Bertz CT molecular complexity index is 1060. The summed E-state index contributed by atoms with van der Waals surface area (Å²) in [5, 5.41) is 8.48. The predicted molar refractivity (Wildman–Crippen MR) is 104 cm³/mol. The van der Waals surface area contributed by atoms with E-state index in [0.717, 1.165) is 11.3 Å². The first-order chi connectivity index (χ1) is 12.7. The highest BCUT2D eigenvalue weighted by Crippen LogP contribution is 2.31. The number of anilines is 1. The number of para-hydroxylation sites is 1. The maximum atomic E-state index is 12.5. The normalized spacial score (nSPS) is 10.7. The van der Waals surface area contributed by atoms with E-state index in [1.54, 1.807) is 29.2 Å². The molecule has 0 unspecified atom stereocenters. The average molecular weight is 381 g/mol. The molecule has 0 atom stereocenters. The molecule has 0 radical (unpaired) electrons. The summed E-state index contributed by atoms with van der Waals surface area (Å²) in [7, 11) is 0. The molecule has 0 aliphatic carbocycles. The lowest BCUT2D eigenvalue weighted by molar-refractivity contribution is 0.103. The van der Waals surface area contributed by atoms with Crippen molar-refractivity contribution in [3.63, 3.8) is 0 Å². The van der Waals surface area contributed by atoms with Gasteiger partial charge in [-0.2, -0.15) is 5.10 Å². The number of hydrogen-bond acceptors (Lipinski definition) is 4. The minimum Gasteiger partial charge on any atom is -0.304 e. The van der Waals surface area contributed by atoms with Crippen LogP contribution >= 0.6 is 22.9 Å². The number of rotatable bonds is 4. The van der Waals surface area contributed by atoms with Gasteiger partial charge < -0.3 is 5.32 Å². The lowest BCUT2D eigenvalue weighted by atomic mass is 10.2. The number of amides is 1. The second kappa shape index (κ2) is 7.11. The van der Waals surface area contributed by atoms with E-state index >= 15 is 0 Å². The Morgan fingerprint density at radius 2 is 1.81 bits per heavy atom. The molecule has 0 aliphatic rings. The fourth-order valence-electron chi connectivity index (χ4n) is 2.43. The summed E-state index contributed by atoms with van der Waals surface area (Å²) >= 11 is 7.48. The molecule has 1 N–H and O–H groups in total. The third kappa shape index (κ3) is 3.37. The van der Waals surface area contributed by atoms with Crippen LogP contribution in [0.2, 0.25) is 5.02 Å². The molecule has 7 heteroatoms. The highest BCUT2D eigenvalue weighted by molar-refractivity contribution is 7.17. The molecule has 2 heterocycles. The first-order valence-electron chi connectivity index (χ1n) is 7.84. The molecule has 4 rings (SSSR count). The molecule has 5 nitrogen and oxygen atoms in total. The van der Waals surface area contributed by atoms with Gasteiger partial charge in [0.05, 0.1) is 16.9 Å². The SMILES string of the molecule is O=C(Nc1ccn(-c2ccccc2)n1)c1cnc(-c2ccccc2Cl)s1. The van der Waals surface area contributed by atoms with Gasteiger partial charge in [-0.05, 0) is 18.2 Å². The zero-order valence-corrected chi connectivity index (χ0v) is 15.0. The third-order valence-corrected chi connectivity index (χ3v) is 5.04. The van der Waals surface area contributed by atoms with E-state index in [2.05, 4.69) is 15.4 Å². The maximum absolute atomic E-state index is 12.5. The zero-order valence-electron chi connectivity index (χ0n) is 13.5. The average Bonchev–Trinajstić information content (AvgIpc) is 3.33. The van der Waals surface area contributed by atoms with Gasteiger partial charge in [0.15, 0.2) is 5.82 Å². The highest BCUT2D eigenvalue weighted by Gasteiger charge is 2.14. The summed E-state index contributed by atoms with van der Waals surface area (Å²) in [6.07, 6.45) is 3.35. The summed E-state index contributed by atoms with van der Waals surface area (Å²) in [4.78, 5) is 17.3. The Hall–Kier alpha value is -2.96. The molecule has 0 saturated heterocycles. The fourth-order valence-corrected chi connectivity index (χ4v) is 3.56. The van der Waals surface area contributed by atoms with E-state index in [0.29, 0.717) is 20.7 Å². The molecule has 4 aromatic rings. The van der Waals surface area contributed by atoms with Crippen molar-refractivity contribution in [1.82, 2.24) is 14.8 Å². The molecule has 0 bridgehead atoms. The Kier molecular flexibility index (Phi) is 4.51. The van der Waals surface area contributed by atoms with Crippen LogP contribution in [-0.2, 0) is 0 Å². The van der Waals surface area contributed by atoms with Crippen LogP contribution in [0.1, 0.15) is 9.67 Å². The van der Waals surface area contributed by atoms with E-state index in [1.807, 2.05) is 48.5 Å². The number of carbonyl (C=O) groups excluding carboxylic acids is 1. The molecule has 2 aromatic heterocycles. The molecule has 26 heavy (non-hydrogen) atoms. The molecular formula is C19H13ClN4OS. The van der Waals surface area contributed by atoms with Gasteiger partial charge in [-0.15, -0.1) is 11.3 Å². The number of nitrogens with one attached hydrogen (secondary N) is 1. The van der Waals surface area contributed by atoms with Crippen LogP contribution < -0.4 is 5.32 Å². The number of carbonyl (C=O) groups is 1. The topological polar surface area (TPSA) is 59.8 Å². The van der Waals surface area contributed by atoms with Crippen molar-refractivity contribution in [3.8, 4) is 16.3 Å². The van der Waals surface area contributed by atoms with Gasteiger partial charge >= 0.3 is 0 Å². The van der Waals surface area contributed by atoms with E-state index in [4.69, 9.17) is 11.6 Å². The van der Waals surface area contributed by atoms with Crippen LogP contribution in [0, 0.1) is 0 Å². The van der Waals surface area contributed by atoms with Gasteiger partial charge in [-0.1, -0.05) is 48.0 Å². The van der Waals surface area contributed by atoms with Crippen molar-refractivity contribution < 1.29 is 4.79 Å². The lowest BCUT2D eigenvalue weighted by Crippen LogP contribution is -2.11. The van der Waals surface area contributed by atoms with Gasteiger partial charge in [0.25, 0.3) is 5.91 Å². The first kappa shape index (κ1) is 16.5. The number of nitrogens with zero attached hydrogens (tertiary/aromatic N) is 3. The van der Waals surface area contributed by atoms with Gasteiger partial charge in [-0.25, -0.2) is 9.67 Å². The van der Waals surface area contributed by atoms with Crippen LogP contribution in [0.15, 0.2) is 73.1 Å². The van der Waals surface area contributed by atoms with Gasteiger partial charge in [0.2, 0.25) is 0 Å². The second-order valence-electron chi connectivity index (χ2n) is 5.44. The first-order valence-corrected chi connectivity index (χ1v) is 9.03. The molecule has 2 aromatic carbocycles. The number of hydrogen-bond donors (Lipinski definition) is 1. The van der Waals surface area contributed by atoms with Crippen molar-refractivity contribution in [1.29, 1.82) is 0 Å². The number of halogens is 1. The Morgan fingerprint density at radius 1 is 1.04 bits per heavy atom. The minimum absolute atomic E-state index is 0.251. The Morgan fingerprint density at radius 3 is 2.62 bits per heavy atom. The largest absolute Gasteiger partial charge is 0.304 e. The summed E-state index contributed by atoms with van der Waals surface area (Å²) in [5.74, 6) is 0.227. The van der Waals surface area contributed by atoms with Crippen LogP contribution in [0.3, 0.4) is 0 Å². The van der Waals surface area contributed by atoms with E-state index < -0.39 is 0 Å². The van der Waals surface area contributed by atoms with Crippen LogP contribution in [0.4, 0.5) is 5.82 Å². The summed E-state index contributed by atoms with van der Waals surface area (Å²) in [5.41, 5.74) is 1.73. The number of thiazole rings is 1. The zero-order chi connectivity index (χ0) is 17.9. The Balaban J connectivity index is 1.51. The Labute approximate surface area is 158 Å². The predicted octanol–water partition coefficient (Wildman–Crippen LogP) is 4.90. The summed E-state index contributed by atoms with van der Waals surface area (Å²) in [6.45, 7) is 0. The summed E-state index contributed by atoms with van der Waals surface area (Å²) in [6, 6.07) is 18.9. The molecule has 1 amide bonds. The van der Waals surface area contributed by atoms with Crippen molar-refractivity contribution in [2.45, 2.75) is 0 Å². The van der Waals surface area contributed by atoms with Crippen LogP contribution in [0.5, 0.6) is 0 Å². The van der Waals surface area contributed by atoms with Gasteiger partial charge in [-0.3, -0.25) is 4.79 Å². The van der Waals surface area contributed by atoms with E-state index in [9.17, 15) is 4.79 Å². The smallest absolute Gasteiger partial charge is 0.268 e. The number of aromatic nitrogens is 3. The quantitative estimate of drug-likeness (QED) is 0.547. The van der Waals surface area contributed by atoms with Crippen LogP contribution in [-0.4, -0.2) is 20.7 Å². The fraction of sp³-hybridized carbons (Fsp3) is 0. The number of benzene rings is 2. The molecular weight excluding hydrogens is 368 g/mol. The molecule has 128 valence electrons. The molecule has 0 saturated carbocycles. The van der Waals surface area contributed by atoms with Gasteiger partial charge in [0, 0.05) is 17.8 Å².